The van der Waals surface area contributed by atoms with E-state index >= 15 is 0 Å². The van der Waals surface area contributed by atoms with E-state index in [1.807, 2.05) is 12.1 Å². The van der Waals surface area contributed by atoms with Crippen molar-refractivity contribution in [1.82, 2.24) is 0 Å². The summed E-state index contributed by atoms with van der Waals surface area (Å²) in [5, 5.41) is 17.8. The van der Waals surface area contributed by atoms with Crippen molar-refractivity contribution in [3.8, 4) is 6.07 Å². The molecule has 1 N–H and O–H groups in total. The Kier molecular flexibility index (Phi) is 5.63. The maximum atomic E-state index is 8.91. The van der Waals surface area contributed by atoms with Crippen LogP contribution in [0.2, 0.25) is 0 Å². The molecule has 0 aliphatic heterocycles. The van der Waals surface area contributed by atoms with E-state index in [0.29, 0.717) is 9.76 Å². The molecule has 0 heterocycles. The molecule has 90 valence electrons. The summed E-state index contributed by atoms with van der Waals surface area (Å²) in [5.41, 5.74) is 2.58. The highest BCUT2D eigenvalue weighted by molar-refractivity contribution is 8.11. The highest BCUT2D eigenvalue weighted by atomic mass is 32.1. The highest BCUT2D eigenvalue weighted by Crippen LogP contribution is 2.26. The predicted molar refractivity (Wildman–Crippen MR) is 76.6 cm³/mol. The highest BCUT2D eigenvalue weighted by Gasteiger charge is 2.13. The lowest BCUT2D eigenvalue weighted by Gasteiger charge is -2.15. The van der Waals surface area contributed by atoms with Crippen LogP contribution in [0.1, 0.15) is 42.4 Å². The van der Waals surface area contributed by atoms with Crippen molar-refractivity contribution >= 4 is 29.0 Å². The summed E-state index contributed by atoms with van der Waals surface area (Å²) in [6, 6.07) is 7.58. The minimum absolute atomic E-state index is 0.183. The Balaban J connectivity index is 3.09. The van der Waals surface area contributed by atoms with Crippen molar-refractivity contribution in [1.29, 1.82) is 5.26 Å². The first-order valence-electron chi connectivity index (χ1n) is 5.48. The lowest BCUT2D eigenvalue weighted by Crippen LogP contribution is -2.03. The summed E-state index contributed by atoms with van der Waals surface area (Å²) in [6.07, 6.45) is 1.62. The minimum atomic E-state index is 0.183. The molecule has 0 aliphatic carbocycles. The minimum Gasteiger partial charge on any atom is -0.396 e. The van der Waals surface area contributed by atoms with Gasteiger partial charge >= 0.3 is 0 Å². The third-order valence-corrected chi connectivity index (χ3v) is 3.20. The van der Waals surface area contributed by atoms with Crippen LogP contribution in [0.3, 0.4) is 0 Å². The molecule has 1 aromatic rings. The quantitative estimate of drug-likeness (QED) is 0.635. The molecule has 0 radical (unpaired) electrons. The Bertz CT molecular complexity index is 451. The summed E-state index contributed by atoms with van der Waals surface area (Å²) in [4.78, 5) is 0. The SMILES string of the molecule is CC(CCCO)c1cc(C#N)ccc1C(=S)S. The summed E-state index contributed by atoms with van der Waals surface area (Å²) in [7, 11) is 0. The number of rotatable bonds is 5. The number of thiocarbonyl (C=S) groups is 1. The van der Waals surface area contributed by atoms with Gasteiger partial charge in [-0.15, -0.1) is 12.6 Å². The average Bonchev–Trinajstić information content (AvgIpc) is 2.34. The Labute approximate surface area is 113 Å². The lowest BCUT2D eigenvalue weighted by molar-refractivity contribution is 0.281. The molecule has 4 heteroatoms. The number of nitriles is 1. The average molecular weight is 265 g/mol. The lowest BCUT2D eigenvalue weighted by atomic mass is 9.91. The monoisotopic (exact) mass is 265 g/mol. The van der Waals surface area contributed by atoms with Crippen LogP contribution >= 0.6 is 24.8 Å². The zero-order chi connectivity index (χ0) is 12.8. The zero-order valence-corrected chi connectivity index (χ0v) is 11.4. The fraction of sp³-hybridized carbons (Fsp3) is 0.385. The Morgan fingerprint density at radius 1 is 1.59 bits per heavy atom. The molecule has 0 spiro atoms. The van der Waals surface area contributed by atoms with E-state index in [4.69, 9.17) is 22.6 Å². The molecule has 1 atom stereocenters. The molecule has 0 aliphatic rings. The van der Waals surface area contributed by atoms with Crippen LogP contribution in [0.15, 0.2) is 18.2 Å². The summed E-state index contributed by atoms with van der Waals surface area (Å²) in [5.74, 6) is 0.260. The van der Waals surface area contributed by atoms with E-state index in [9.17, 15) is 0 Å². The first-order chi connectivity index (χ1) is 8.10. The second-order valence-electron chi connectivity index (χ2n) is 3.99. The smallest absolute Gasteiger partial charge is 0.0991 e. The molecule has 1 unspecified atom stereocenters. The maximum Gasteiger partial charge on any atom is 0.0991 e. The first kappa shape index (κ1) is 14.2. The second kappa shape index (κ2) is 6.75. The fourth-order valence-electron chi connectivity index (χ4n) is 1.79. The van der Waals surface area contributed by atoms with Crippen LogP contribution in [0.5, 0.6) is 0 Å². The van der Waals surface area contributed by atoms with E-state index in [0.717, 1.165) is 24.0 Å². The molecule has 1 rings (SSSR count). The first-order valence-corrected chi connectivity index (χ1v) is 6.34. The van der Waals surface area contributed by atoms with Crippen LogP contribution in [-0.4, -0.2) is 15.9 Å². The van der Waals surface area contributed by atoms with E-state index in [-0.39, 0.29) is 12.5 Å². The van der Waals surface area contributed by atoms with Crippen molar-refractivity contribution < 1.29 is 5.11 Å². The molecule has 0 fully saturated rings. The van der Waals surface area contributed by atoms with Gasteiger partial charge in [0.15, 0.2) is 0 Å². The number of aliphatic hydroxyl groups is 1. The van der Waals surface area contributed by atoms with Gasteiger partial charge in [0, 0.05) is 12.2 Å². The number of thiol groups is 1. The molecule has 1 aromatic carbocycles. The zero-order valence-electron chi connectivity index (χ0n) is 9.68. The van der Waals surface area contributed by atoms with Gasteiger partial charge in [-0.3, -0.25) is 0 Å². The Hall–Kier alpha value is -0.890. The van der Waals surface area contributed by atoms with Gasteiger partial charge in [0.2, 0.25) is 0 Å². The van der Waals surface area contributed by atoms with E-state index in [1.54, 1.807) is 6.07 Å². The van der Waals surface area contributed by atoms with Gasteiger partial charge in [-0.2, -0.15) is 5.26 Å². The molecule has 2 nitrogen and oxygen atoms in total. The molecule has 0 saturated heterocycles. The molecule has 17 heavy (non-hydrogen) atoms. The number of aliphatic hydroxyl groups excluding tert-OH is 1. The third kappa shape index (κ3) is 3.81. The predicted octanol–water partition coefficient (Wildman–Crippen LogP) is 3.04. The van der Waals surface area contributed by atoms with E-state index < -0.39 is 0 Å². The normalized spacial score (nSPS) is 11.9. The van der Waals surface area contributed by atoms with Crippen LogP contribution < -0.4 is 0 Å². The van der Waals surface area contributed by atoms with Crippen LogP contribution in [0.25, 0.3) is 0 Å². The molecule has 0 aromatic heterocycles. The van der Waals surface area contributed by atoms with Gasteiger partial charge < -0.3 is 5.11 Å². The van der Waals surface area contributed by atoms with Gasteiger partial charge in [0.25, 0.3) is 0 Å². The second-order valence-corrected chi connectivity index (χ2v) is 5.14. The summed E-state index contributed by atoms with van der Waals surface area (Å²) >= 11 is 9.30. The van der Waals surface area contributed by atoms with Crippen molar-refractivity contribution in [2.45, 2.75) is 25.7 Å². The van der Waals surface area contributed by atoms with Crippen molar-refractivity contribution in [2.24, 2.45) is 0 Å². The Morgan fingerprint density at radius 3 is 2.82 bits per heavy atom. The van der Waals surface area contributed by atoms with Crippen LogP contribution in [0.4, 0.5) is 0 Å². The molecular weight excluding hydrogens is 250 g/mol. The van der Waals surface area contributed by atoms with E-state index in [2.05, 4.69) is 25.6 Å². The van der Waals surface area contributed by atoms with Crippen molar-refractivity contribution in [3.05, 3.63) is 34.9 Å². The van der Waals surface area contributed by atoms with Crippen molar-refractivity contribution in [3.63, 3.8) is 0 Å². The molecule has 0 bridgehead atoms. The summed E-state index contributed by atoms with van der Waals surface area (Å²) < 4.78 is 0.542. The topological polar surface area (TPSA) is 44.0 Å². The largest absolute Gasteiger partial charge is 0.396 e. The maximum absolute atomic E-state index is 8.91. The van der Waals surface area contributed by atoms with Gasteiger partial charge in [-0.1, -0.05) is 25.2 Å². The van der Waals surface area contributed by atoms with Crippen molar-refractivity contribution in [2.75, 3.05) is 6.61 Å². The van der Waals surface area contributed by atoms with E-state index in [1.165, 1.54) is 0 Å². The third-order valence-electron chi connectivity index (χ3n) is 2.74. The fourth-order valence-corrected chi connectivity index (χ4v) is 2.18. The number of hydrogen-bond donors (Lipinski definition) is 2. The summed E-state index contributed by atoms with van der Waals surface area (Å²) in [6.45, 7) is 2.25. The number of hydrogen-bond acceptors (Lipinski definition) is 3. The van der Waals surface area contributed by atoms with Gasteiger partial charge in [0.05, 0.1) is 15.8 Å². The standard InChI is InChI=1S/C13H15NOS2/c1-9(3-2-6-15)12-7-10(8-14)4-5-11(12)13(16)17/h4-5,7,9,15H,2-3,6H2,1H3,(H,16,17). The number of nitrogens with zero attached hydrogens (tertiary/aromatic N) is 1. The Morgan fingerprint density at radius 2 is 2.29 bits per heavy atom. The molecule has 0 amide bonds. The molecule has 0 saturated carbocycles. The molecular formula is C13H15NOS2. The van der Waals surface area contributed by atoms with Gasteiger partial charge in [-0.05, 0) is 36.5 Å². The van der Waals surface area contributed by atoms with Gasteiger partial charge in [0.1, 0.15) is 0 Å². The van der Waals surface area contributed by atoms with Crippen LogP contribution in [0, 0.1) is 11.3 Å². The van der Waals surface area contributed by atoms with Gasteiger partial charge in [-0.25, -0.2) is 0 Å². The number of benzene rings is 1. The van der Waals surface area contributed by atoms with Crippen LogP contribution in [-0.2, 0) is 0 Å².